The van der Waals surface area contributed by atoms with Crippen LogP contribution in [-0.4, -0.2) is 25.5 Å². The van der Waals surface area contributed by atoms with Crippen LogP contribution in [0.4, 0.5) is 0 Å². The quantitative estimate of drug-likeness (QED) is 0.761. The molecule has 0 atom stereocenters. The fourth-order valence-electron chi connectivity index (χ4n) is 1.91. The van der Waals surface area contributed by atoms with Gasteiger partial charge in [0.25, 0.3) is 0 Å². The molecule has 0 bridgehead atoms. The number of carbonyl (C=O) groups excluding carboxylic acids is 2. The van der Waals surface area contributed by atoms with Crippen molar-refractivity contribution >= 4 is 11.8 Å². The first-order valence-electron chi connectivity index (χ1n) is 5.67. The summed E-state index contributed by atoms with van der Waals surface area (Å²) in [6.07, 6.45) is 0.644. The van der Waals surface area contributed by atoms with Crippen LogP contribution < -0.4 is 15.8 Å². The second-order valence-electron chi connectivity index (χ2n) is 4.13. The largest absolute Gasteiger partial charge is 0.496 e. The van der Waals surface area contributed by atoms with Crippen molar-refractivity contribution in [3.63, 3.8) is 0 Å². The average Bonchev–Trinajstić information content (AvgIpc) is 2.28. The molecule has 0 fully saturated rings. The van der Waals surface area contributed by atoms with E-state index in [1.54, 1.807) is 7.11 Å². The predicted octanol–water partition coefficient (Wildman–Crippen LogP) is 0.456. The fourth-order valence-corrected chi connectivity index (χ4v) is 1.91. The first-order valence-corrected chi connectivity index (χ1v) is 5.67. The molecule has 0 heterocycles. The van der Waals surface area contributed by atoms with E-state index in [4.69, 9.17) is 10.5 Å². The number of primary amides is 1. The Kier molecular flexibility index (Phi) is 4.71. The van der Waals surface area contributed by atoms with Crippen LogP contribution in [0.2, 0.25) is 0 Å². The molecule has 0 unspecified atom stereocenters. The molecular weight excluding hydrogens is 232 g/mol. The maximum Gasteiger partial charge on any atom is 0.309 e. The van der Waals surface area contributed by atoms with Gasteiger partial charge in [0.15, 0.2) is 0 Å². The first-order chi connectivity index (χ1) is 8.45. The van der Waals surface area contributed by atoms with E-state index in [0.717, 1.165) is 22.4 Å². The number of amides is 2. The highest BCUT2D eigenvalue weighted by atomic mass is 16.5. The summed E-state index contributed by atoms with van der Waals surface area (Å²) in [6.45, 7) is 4.32. The molecule has 1 aromatic carbocycles. The Morgan fingerprint density at radius 3 is 2.28 bits per heavy atom. The van der Waals surface area contributed by atoms with Crippen molar-refractivity contribution in [2.24, 2.45) is 5.73 Å². The van der Waals surface area contributed by atoms with Gasteiger partial charge in [-0.25, -0.2) is 0 Å². The lowest BCUT2D eigenvalue weighted by Crippen LogP contribution is -2.37. The van der Waals surface area contributed by atoms with Gasteiger partial charge in [-0.3, -0.25) is 9.59 Å². The predicted molar refractivity (Wildman–Crippen MR) is 68.4 cm³/mol. The minimum atomic E-state index is -0.961. The Bertz CT molecular complexity index is 446. The highest BCUT2D eigenvalue weighted by molar-refractivity contribution is 6.34. The van der Waals surface area contributed by atoms with Crippen molar-refractivity contribution in [3.8, 4) is 5.75 Å². The van der Waals surface area contributed by atoms with Gasteiger partial charge >= 0.3 is 11.8 Å². The van der Waals surface area contributed by atoms with E-state index in [9.17, 15) is 9.59 Å². The number of ether oxygens (including phenoxy) is 1. The van der Waals surface area contributed by atoms with Crippen LogP contribution >= 0.6 is 0 Å². The molecule has 0 radical (unpaired) electrons. The zero-order valence-electron chi connectivity index (χ0n) is 10.9. The minimum absolute atomic E-state index is 0.382. The molecule has 5 heteroatoms. The van der Waals surface area contributed by atoms with Crippen LogP contribution in [0.15, 0.2) is 12.1 Å². The van der Waals surface area contributed by atoms with Crippen molar-refractivity contribution in [2.75, 3.05) is 13.7 Å². The van der Waals surface area contributed by atoms with Crippen molar-refractivity contribution in [3.05, 3.63) is 28.8 Å². The molecule has 98 valence electrons. The molecule has 0 aromatic heterocycles. The van der Waals surface area contributed by atoms with Gasteiger partial charge in [0.2, 0.25) is 0 Å². The van der Waals surface area contributed by atoms with Crippen LogP contribution in [0.25, 0.3) is 0 Å². The Labute approximate surface area is 106 Å². The third-order valence-electron chi connectivity index (χ3n) is 2.65. The molecule has 1 rings (SSSR count). The molecule has 2 amide bonds. The van der Waals surface area contributed by atoms with Crippen molar-refractivity contribution in [2.45, 2.75) is 20.3 Å². The molecular formula is C13H18N2O3. The highest BCUT2D eigenvalue weighted by Gasteiger charge is 2.08. The second kappa shape index (κ2) is 6.05. The Hall–Kier alpha value is -2.04. The van der Waals surface area contributed by atoms with Gasteiger partial charge in [-0.2, -0.15) is 0 Å². The van der Waals surface area contributed by atoms with Crippen LogP contribution in [0, 0.1) is 13.8 Å². The van der Waals surface area contributed by atoms with Gasteiger partial charge in [0.05, 0.1) is 7.11 Å². The average molecular weight is 250 g/mol. The number of benzene rings is 1. The topological polar surface area (TPSA) is 81.4 Å². The number of hydrogen-bond acceptors (Lipinski definition) is 3. The third-order valence-corrected chi connectivity index (χ3v) is 2.65. The second-order valence-corrected chi connectivity index (χ2v) is 4.13. The van der Waals surface area contributed by atoms with Gasteiger partial charge in [0, 0.05) is 6.54 Å². The molecule has 0 aliphatic heterocycles. The van der Waals surface area contributed by atoms with E-state index in [0.29, 0.717) is 13.0 Å². The van der Waals surface area contributed by atoms with E-state index in [1.165, 1.54) is 0 Å². The maximum absolute atomic E-state index is 11.0. The van der Waals surface area contributed by atoms with Crippen LogP contribution in [-0.2, 0) is 16.0 Å². The molecule has 0 aliphatic carbocycles. The molecule has 0 saturated carbocycles. The van der Waals surface area contributed by atoms with E-state index < -0.39 is 11.8 Å². The standard InChI is InChI=1S/C13H18N2O3/c1-8-6-10(7-9(2)11(8)18-3)4-5-15-13(17)12(14)16/h6-7H,4-5H2,1-3H3,(H2,14,16)(H,15,17). The summed E-state index contributed by atoms with van der Waals surface area (Å²) in [4.78, 5) is 21.5. The summed E-state index contributed by atoms with van der Waals surface area (Å²) >= 11 is 0. The summed E-state index contributed by atoms with van der Waals surface area (Å²) in [6, 6.07) is 4.00. The number of hydrogen-bond donors (Lipinski definition) is 2. The molecule has 5 nitrogen and oxygen atoms in total. The van der Waals surface area contributed by atoms with Crippen molar-refractivity contribution in [1.82, 2.24) is 5.32 Å². The van der Waals surface area contributed by atoms with Gasteiger partial charge < -0.3 is 15.8 Å². The molecule has 1 aromatic rings. The Balaban J connectivity index is 2.64. The first kappa shape index (κ1) is 14.0. The number of nitrogens with two attached hydrogens (primary N) is 1. The summed E-state index contributed by atoms with van der Waals surface area (Å²) in [7, 11) is 1.64. The molecule has 18 heavy (non-hydrogen) atoms. The van der Waals surface area contributed by atoms with Gasteiger partial charge in [0.1, 0.15) is 5.75 Å². The van der Waals surface area contributed by atoms with Crippen LogP contribution in [0.1, 0.15) is 16.7 Å². The van der Waals surface area contributed by atoms with E-state index in [-0.39, 0.29) is 0 Å². The lowest BCUT2D eigenvalue weighted by Gasteiger charge is -2.11. The number of aryl methyl sites for hydroxylation is 2. The summed E-state index contributed by atoms with van der Waals surface area (Å²) < 4.78 is 5.27. The van der Waals surface area contributed by atoms with E-state index in [2.05, 4.69) is 5.32 Å². The minimum Gasteiger partial charge on any atom is -0.496 e. The smallest absolute Gasteiger partial charge is 0.309 e. The van der Waals surface area contributed by atoms with Crippen LogP contribution in [0.3, 0.4) is 0 Å². The highest BCUT2D eigenvalue weighted by Crippen LogP contribution is 2.24. The van der Waals surface area contributed by atoms with Gasteiger partial charge in [-0.15, -0.1) is 0 Å². The Morgan fingerprint density at radius 1 is 1.28 bits per heavy atom. The summed E-state index contributed by atoms with van der Waals surface area (Å²) in [5.74, 6) is -0.839. The lowest BCUT2D eigenvalue weighted by molar-refractivity contribution is -0.137. The number of rotatable bonds is 4. The third kappa shape index (κ3) is 3.48. The zero-order valence-corrected chi connectivity index (χ0v) is 10.9. The zero-order chi connectivity index (χ0) is 13.7. The maximum atomic E-state index is 11.0. The number of methoxy groups -OCH3 is 1. The van der Waals surface area contributed by atoms with Crippen molar-refractivity contribution < 1.29 is 14.3 Å². The molecule has 0 aliphatic rings. The monoisotopic (exact) mass is 250 g/mol. The summed E-state index contributed by atoms with van der Waals surface area (Å²) in [5.41, 5.74) is 8.01. The SMILES string of the molecule is COc1c(C)cc(CCNC(=O)C(N)=O)cc1C. The summed E-state index contributed by atoms with van der Waals surface area (Å²) in [5, 5.41) is 2.45. The van der Waals surface area contributed by atoms with E-state index in [1.807, 2.05) is 26.0 Å². The Morgan fingerprint density at radius 2 is 1.83 bits per heavy atom. The molecule has 0 saturated heterocycles. The molecule has 0 spiro atoms. The number of carbonyl (C=O) groups is 2. The van der Waals surface area contributed by atoms with E-state index >= 15 is 0 Å². The van der Waals surface area contributed by atoms with Gasteiger partial charge in [-0.1, -0.05) is 12.1 Å². The lowest BCUT2D eigenvalue weighted by atomic mass is 10.0. The van der Waals surface area contributed by atoms with Crippen molar-refractivity contribution in [1.29, 1.82) is 0 Å². The number of nitrogens with one attached hydrogen (secondary N) is 1. The fraction of sp³-hybridized carbons (Fsp3) is 0.385. The van der Waals surface area contributed by atoms with Gasteiger partial charge in [-0.05, 0) is 37.0 Å². The normalized spacial score (nSPS) is 9.94. The molecule has 3 N–H and O–H groups in total. The van der Waals surface area contributed by atoms with Crippen LogP contribution in [0.5, 0.6) is 5.75 Å².